The van der Waals surface area contributed by atoms with Crippen LogP contribution in [0.3, 0.4) is 0 Å². The third-order valence-electron chi connectivity index (χ3n) is 3.82. The zero-order valence-electron chi connectivity index (χ0n) is 9.73. The van der Waals surface area contributed by atoms with Gasteiger partial charge < -0.3 is 4.90 Å². The molecule has 17 heavy (non-hydrogen) atoms. The van der Waals surface area contributed by atoms with Crippen LogP contribution in [0.4, 0.5) is 0 Å². The minimum absolute atomic E-state index is 0.215. The SMILES string of the molecule is O=C(c1ccc(Br)cc1)N1CCCC1C1CC1. The highest BCUT2D eigenvalue weighted by Gasteiger charge is 2.40. The van der Waals surface area contributed by atoms with Gasteiger partial charge in [0.05, 0.1) is 0 Å². The Bertz CT molecular complexity index is 424. The van der Waals surface area contributed by atoms with Crippen LogP contribution in [0.2, 0.25) is 0 Å². The standard InChI is InChI=1S/C14H16BrNO/c15-12-7-5-11(6-8-12)14(17)16-9-1-2-13(16)10-3-4-10/h5-8,10,13H,1-4,9H2. The third-order valence-corrected chi connectivity index (χ3v) is 4.35. The van der Waals surface area contributed by atoms with Gasteiger partial charge in [-0.05, 0) is 55.9 Å². The summed E-state index contributed by atoms with van der Waals surface area (Å²) in [5.74, 6) is 1.00. The van der Waals surface area contributed by atoms with Gasteiger partial charge in [0.2, 0.25) is 0 Å². The molecule has 1 amide bonds. The molecule has 0 spiro atoms. The summed E-state index contributed by atoms with van der Waals surface area (Å²) < 4.78 is 1.02. The molecule has 0 N–H and O–H groups in total. The van der Waals surface area contributed by atoms with Gasteiger partial charge in [0.15, 0.2) is 0 Å². The molecule has 0 radical (unpaired) electrons. The van der Waals surface area contributed by atoms with E-state index in [1.54, 1.807) is 0 Å². The Morgan fingerprint density at radius 3 is 2.53 bits per heavy atom. The summed E-state index contributed by atoms with van der Waals surface area (Å²) in [6.07, 6.45) is 5.00. The van der Waals surface area contributed by atoms with Crippen molar-refractivity contribution >= 4 is 21.8 Å². The van der Waals surface area contributed by atoms with Crippen molar-refractivity contribution in [1.82, 2.24) is 4.90 Å². The van der Waals surface area contributed by atoms with Gasteiger partial charge >= 0.3 is 0 Å². The number of hydrogen-bond donors (Lipinski definition) is 0. The molecule has 1 saturated carbocycles. The lowest BCUT2D eigenvalue weighted by molar-refractivity contribution is 0.0721. The highest BCUT2D eigenvalue weighted by Crippen LogP contribution is 2.40. The van der Waals surface area contributed by atoms with Crippen LogP contribution in [0.1, 0.15) is 36.0 Å². The number of rotatable bonds is 2. The smallest absolute Gasteiger partial charge is 0.254 e. The van der Waals surface area contributed by atoms with Gasteiger partial charge in [-0.15, -0.1) is 0 Å². The van der Waals surface area contributed by atoms with Crippen LogP contribution < -0.4 is 0 Å². The van der Waals surface area contributed by atoms with Crippen LogP contribution in [0.15, 0.2) is 28.7 Å². The van der Waals surface area contributed by atoms with Crippen molar-refractivity contribution in [3.8, 4) is 0 Å². The maximum Gasteiger partial charge on any atom is 0.254 e. The van der Waals surface area contributed by atoms with Crippen molar-refractivity contribution in [2.24, 2.45) is 5.92 Å². The quantitative estimate of drug-likeness (QED) is 0.818. The van der Waals surface area contributed by atoms with Gasteiger partial charge in [-0.1, -0.05) is 15.9 Å². The fraction of sp³-hybridized carbons (Fsp3) is 0.500. The molecule has 2 aliphatic rings. The van der Waals surface area contributed by atoms with Crippen LogP contribution in [-0.4, -0.2) is 23.4 Å². The number of nitrogens with zero attached hydrogens (tertiary/aromatic N) is 1. The molecule has 1 heterocycles. The first kappa shape index (κ1) is 11.3. The van der Waals surface area contributed by atoms with E-state index < -0.39 is 0 Å². The zero-order chi connectivity index (χ0) is 11.8. The summed E-state index contributed by atoms with van der Waals surface area (Å²) in [5, 5.41) is 0. The maximum absolute atomic E-state index is 12.4. The van der Waals surface area contributed by atoms with Crippen LogP contribution in [-0.2, 0) is 0 Å². The lowest BCUT2D eigenvalue weighted by Gasteiger charge is -2.24. The lowest BCUT2D eigenvalue weighted by Crippen LogP contribution is -2.36. The van der Waals surface area contributed by atoms with E-state index in [0.29, 0.717) is 6.04 Å². The van der Waals surface area contributed by atoms with Crippen LogP contribution in [0.5, 0.6) is 0 Å². The molecule has 3 heteroatoms. The van der Waals surface area contributed by atoms with E-state index in [2.05, 4.69) is 20.8 Å². The van der Waals surface area contributed by atoms with Gasteiger partial charge in [-0.2, -0.15) is 0 Å². The highest BCUT2D eigenvalue weighted by molar-refractivity contribution is 9.10. The second-order valence-electron chi connectivity index (χ2n) is 5.05. The number of hydrogen-bond acceptors (Lipinski definition) is 1. The molecule has 1 unspecified atom stereocenters. The van der Waals surface area contributed by atoms with Crippen molar-refractivity contribution in [1.29, 1.82) is 0 Å². The largest absolute Gasteiger partial charge is 0.335 e. The molecule has 0 bridgehead atoms. The summed E-state index contributed by atoms with van der Waals surface area (Å²) in [5.41, 5.74) is 0.820. The van der Waals surface area contributed by atoms with Crippen LogP contribution in [0.25, 0.3) is 0 Å². The normalized spacial score (nSPS) is 24.1. The maximum atomic E-state index is 12.4. The molecule has 2 fully saturated rings. The van der Waals surface area contributed by atoms with E-state index in [9.17, 15) is 4.79 Å². The van der Waals surface area contributed by atoms with Crippen molar-refractivity contribution in [2.45, 2.75) is 31.7 Å². The molecule has 3 rings (SSSR count). The molecule has 90 valence electrons. The monoisotopic (exact) mass is 293 g/mol. The van der Waals surface area contributed by atoms with Gasteiger partial charge in [0.1, 0.15) is 0 Å². The predicted molar refractivity (Wildman–Crippen MR) is 70.9 cm³/mol. The summed E-state index contributed by atoms with van der Waals surface area (Å²) in [4.78, 5) is 14.5. The summed E-state index contributed by atoms with van der Waals surface area (Å²) in [6.45, 7) is 0.941. The zero-order valence-corrected chi connectivity index (χ0v) is 11.3. The molecule has 1 aromatic rings. The molecule has 1 saturated heterocycles. The molecular formula is C14H16BrNO. The molecule has 1 aromatic carbocycles. The molecular weight excluding hydrogens is 278 g/mol. The van der Waals surface area contributed by atoms with Crippen molar-refractivity contribution in [2.75, 3.05) is 6.54 Å². The van der Waals surface area contributed by atoms with Crippen molar-refractivity contribution in [3.05, 3.63) is 34.3 Å². The van der Waals surface area contributed by atoms with E-state index in [4.69, 9.17) is 0 Å². The first-order valence-corrected chi connectivity index (χ1v) is 7.11. The fourth-order valence-corrected chi connectivity index (χ4v) is 3.04. The van der Waals surface area contributed by atoms with Gasteiger partial charge in [0.25, 0.3) is 5.91 Å². The lowest BCUT2D eigenvalue weighted by atomic mass is 10.1. The second-order valence-corrected chi connectivity index (χ2v) is 5.97. The number of halogens is 1. The van der Waals surface area contributed by atoms with Gasteiger partial charge in [-0.3, -0.25) is 4.79 Å². The Labute approximate surface area is 110 Å². The number of carbonyl (C=O) groups is 1. The topological polar surface area (TPSA) is 20.3 Å². The summed E-state index contributed by atoms with van der Waals surface area (Å²) in [7, 11) is 0. The number of likely N-dealkylation sites (tertiary alicyclic amines) is 1. The van der Waals surface area contributed by atoms with E-state index in [1.807, 2.05) is 24.3 Å². The molecule has 1 aliphatic heterocycles. The predicted octanol–water partition coefficient (Wildman–Crippen LogP) is 3.46. The Morgan fingerprint density at radius 1 is 1.18 bits per heavy atom. The summed E-state index contributed by atoms with van der Waals surface area (Å²) in [6, 6.07) is 8.22. The number of benzene rings is 1. The van der Waals surface area contributed by atoms with Crippen molar-refractivity contribution < 1.29 is 4.79 Å². The number of carbonyl (C=O) groups excluding carboxylic acids is 1. The average molecular weight is 294 g/mol. The minimum Gasteiger partial charge on any atom is -0.335 e. The van der Waals surface area contributed by atoms with Crippen LogP contribution in [0, 0.1) is 5.92 Å². The van der Waals surface area contributed by atoms with Crippen molar-refractivity contribution in [3.63, 3.8) is 0 Å². The van der Waals surface area contributed by atoms with E-state index in [-0.39, 0.29) is 5.91 Å². The first-order valence-electron chi connectivity index (χ1n) is 6.32. The average Bonchev–Trinajstić information content (AvgIpc) is 3.07. The van der Waals surface area contributed by atoms with E-state index in [1.165, 1.54) is 25.7 Å². The Balaban J connectivity index is 1.78. The minimum atomic E-state index is 0.215. The molecule has 1 atom stereocenters. The van der Waals surface area contributed by atoms with E-state index in [0.717, 1.165) is 22.5 Å². The first-order chi connectivity index (χ1) is 8.25. The second kappa shape index (κ2) is 4.45. The Hall–Kier alpha value is -0.830. The summed E-state index contributed by atoms with van der Waals surface area (Å²) >= 11 is 3.40. The Kier molecular flexibility index (Phi) is 2.95. The van der Waals surface area contributed by atoms with Gasteiger partial charge in [0, 0.05) is 22.6 Å². The molecule has 2 nitrogen and oxygen atoms in total. The molecule has 0 aromatic heterocycles. The Morgan fingerprint density at radius 2 is 1.88 bits per heavy atom. The van der Waals surface area contributed by atoms with E-state index >= 15 is 0 Å². The van der Waals surface area contributed by atoms with Gasteiger partial charge in [-0.25, -0.2) is 0 Å². The molecule has 1 aliphatic carbocycles. The highest BCUT2D eigenvalue weighted by atomic mass is 79.9. The fourth-order valence-electron chi connectivity index (χ4n) is 2.77. The number of amides is 1. The third kappa shape index (κ3) is 2.25. The van der Waals surface area contributed by atoms with Crippen LogP contribution >= 0.6 is 15.9 Å².